The van der Waals surface area contributed by atoms with Gasteiger partial charge in [-0.25, -0.2) is 22.8 Å². The van der Waals surface area contributed by atoms with Crippen LogP contribution >= 0.6 is 0 Å². The van der Waals surface area contributed by atoms with Crippen molar-refractivity contribution in [1.29, 1.82) is 0 Å². The minimum atomic E-state index is -3.65. The minimum Gasteiger partial charge on any atom is -0.491 e. The Bertz CT molecular complexity index is 1250. The summed E-state index contributed by atoms with van der Waals surface area (Å²) in [6.07, 6.45) is 3.54. The van der Waals surface area contributed by atoms with Gasteiger partial charge in [-0.15, -0.1) is 0 Å². The SMILES string of the molecule is COCCOc1cc(Nc2cc(NC(C)=O)ncc2-c2ccc(F)cn2)nc(S(C)(=O)=O)c1. The normalized spacial score (nSPS) is 11.2. The summed E-state index contributed by atoms with van der Waals surface area (Å²) in [5.74, 6) is -0.161. The highest BCUT2D eigenvalue weighted by Crippen LogP contribution is 2.31. The van der Waals surface area contributed by atoms with E-state index in [0.717, 1.165) is 12.5 Å². The summed E-state index contributed by atoms with van der Waals surface area (Å²) in [5.41, 5.74) is 1.27. The highest BCUT2D eigenvalue weighted by molar-refractivity contribution is 7.90. The number of anilines is 3. The van der Waals surface area contributed by atoms with E-state index in [1.807, 2.05) is 0 Å². The second-order valence-corrected chi connectivity index (χ2v) is 8.89. The van der Waals surface area contributed by atoms with Gasteiger partial charge in [-0.1, -0.05) is 0 Å². The molecule has 10 nitrogen and oxygen atoms in total. The Hall–Kier alpha value is -3.64. The van der Waals surface area contributed by atoms with Crippen LogP contribution in [0.1, 0.15) is 6.92 Å². The molecule has 12 heteroatoms. The van der Waals surface area contributed by atoms with Crippen LogP contribution in [-0.4, -0.2) is 55.9 Å². The van der Waals surface area contributed by atoms with Crippen LogP contribution in [0, 0.1) is 5.82 Å². The number of amides is 1. The number of sulfone groups is 1. The lowest BCUT2D eigenvalue weighted by Crippen LogP contribution is -2.10. The van der Waals surface area contributed by atoms with E-state index in [1.165, 1.54) is 50.6 Å². The highest BCUT2D eigenvalue weighted by atomic mass is 32.2. The Balaban J connectivity index is 2.06. The van der Waals surface area contributed by atoms with E-state index < -0.39 is 15.7 Å². The first-order valence-corrected chi connectivity index (χ1v) is 11.6. The number of hydrogen-bond donors (Lipinski definition) is 2. The van der Waals surface area contributed by atoms with E-state index in [0.29, 0.717) is 23.6 Å². The fourth-order valence-corrected chi connectivity index (χ4v) is 3.34. The average Bonchev–Trinajstić information content (AvgIpc) is 2.74. The van der Waals surface area contributed by atoms with Crippen molar-refractivity contribution in [2.24, 2.45) is 0 Å². The largest absolute Gasteiger partial charge is 0.491 e. The van der Waals surface area contributed by atoms with E-state index in [9.17, 15) is 17.6 Å². The van der Waals surface area contributed by atoms with Crippen molar-refractivity contribution in [3.05, 3.63) is 48.5 Å². The second-order valence-electron chi connectivity index (χ2n) is 6.92. The number of nitrogens with zero attached hydrogens (tertiary/aromatic N) is 3. The smallest absolute Gasteiger partial charge is 0.222 e. The predicted octanol–water partition coefficient (Wildman–Crippen LogP) is 2.81. The fourth-order valence-electron chi connectivity index (χ4n) is 2.75. The summed E-state index contributed by atoms with van der Waals surface area (Å²) in [6, 6.07) is 7.08. The van der Waals surface area contributed by atoms with Crippen molar-refractivity contribution in [3.8, 4) is 17.0 Å². The van der Waals surface area contributed by atoms with Gasteiger partial charge >= 0.3 is 0 Å². The molecule has 3 aromatic rings. The van der Waals surface area contributed by atoms with Crippen LogP contribution in [0.2, 0.25) is 0 Å². The van der Waals surface area contributed by atoms with E-state index >= 15 is 0 Å². The second kappa shape index (κ2) is 10.3. The lowest BCUT2D eigenvalue weighted by atomic mass is 10.1. The zero-order chi connectivity index (χ0) is 24.0. The van der Waals surface area contributed by atoms with Gasteiger partial charge in [0.25, 0.3) is 0 Å². The zero-order valence-corrected chi connectivity index (χ0v) is 18.9. The third kappa shape index (κ3) is 6.67. The van der Waals surface area contributed by atoms with Crippen molar-refractivity contribution < 1.29 is 27.1 Å². The monoisotopic (exact) mass is 475 g/mol. The molecule has 0 aliphatic rings. The van der Waals surface area contributed by atoms with Crippen molar-refractivity contribution in [2.45, 2.75) is 11.9 Å². The van der Waals surface area contributed by atoms with Crippen LogP contribution in [0.5, 0.6) is 5.75 Å². The topological polar surface area (TPSA) is 132 Å². The van der Waals surface area contributed by atoms with Crippen molar-refractivity contribution in [3.63, 3.8) is 0 Å². The minimum absolute atomic E-state index is 0.161. The van der Waals surface area contributed by atoms with Crippen LogP contribution in [0.4, 0.5) is 21.7 Å². The van der Waals surface area contributed by atoms with Crippen LogP contribution in [0.3, 0.4) is 0 Å². The summed E-state index contributed by atoms with van der Waals surface area (Å²) < 4.78 is 48.2. The molecule has 33 heavy (non-hydrogen) atoms. The van der Waals surface area contributed by atoms with Gasteiger partial charge in [-0.3, -0.25) is 9.78 Å². The van der Waals surface area contributed by atoms with Crippen LogP contribution < -0.4 is 15.4 Å². The third-order valence-corrected chi connectivity index (χ3v) is 5.15. The van der Waals surface area contributed by atoms with Crippen LogP contribution in [0.25, 0.3) is 11.3 Å². The van der Waals surface area contributed by atoms with Crippen molar-refractivity contribution >= 4 is 33.1 Å². The lowest BCUT2D eigenvalue weighted by molar-refractivity contribution is -0.114. The maximum Gasteiger partial charge on any atom is 0.222 e. The summed E-state index contributed by atoms with van der Waals surface area (Å²) >= 11 is 0. The van der Waals surface area contributed by atoms with E-state index in [-0.39, 0.29) is 34.9 Å². The number of halogens is 1. The summed E-state index contributed by atoms with van der Waals surface area (Å²) in [6.45, 7) is 1.85. The number of carbonyl (C=O) groups is 1. The van der Waals surface area contributed by atoms with Crippen LogP contribution in [0.15, 0.2) is 47.8 Å². The van der Waals surface area contributed by atoms with Gasteiger partial charge < -0.3 is 20.1 Å². The molecule has 0 atom stereocenters. The van der Waals surface area contributed by atoms with E-state index in [1.54, 1.807) is 0 Å². The molecule has 3 heterocycles. The predicted molar refractivity (Wildman–Crippen MR) is 120 cm³/mol. The van der Waals surface area contributed by atoms with Gasteiger partial charge in [-0.2, -0.15) is 0 Å². The number of rotatable bonds is 9. The standard InChI is InChI=1S/C21H22FN5O5S/c1-13(28)25-19-10-18(16(12-24-19)17-5-4-14(22)11-23-17)26-20-8-15(32-7-6-31-2)9-21(27-20)33(3,29)30/h4-5,8-12H,6-7H2,1-3H3,(H2,24,25,26,27,28). The van der Waals surface area contributed by atoms with Gasteiger partial charge in [-0.05, 0) is 12.1 Å². The number of hydrogen-bond acceptors (Lipinski definition) is 9. The van der Waals surface area contributed by atoms with Crippen LogP contribution in [-0.2, 0) is 19.4 Å². The molecular weight excluding hydrogens is 453 g/mol. The molecule has 0 saturated heterocycles. The molecule has 0 aromatic carbocycles. The Labute approximate surface area is 190 Å². The Kier molecular flexibility index (Phi) is 7.51. The zero-order valence-electron chi connectivity index (χ0n) is 18.1. The first kappa shape index (κ1) is 24.0. The van der Waals surface area contributed by atoms with E-state index in [4.69, 9.17) is 9.47 Å². The summed E-state index contributed by atoms with van der Waals surface area (Å²) in [5, 5.41) is 5.41. The maximum atomic E-state index is 13.4. The third-order valence-electron chi connectivity index (χ3n) is 4.19. The van der Waals surface area contributed by atoms with Gasteiger partial charge in [0, 0.05) is 50.2 Å². The van der Waals surface area contributed by atoms with Gasteiger partial charge in [0.2, 0.25) is 5.91 Å². The molecule has 0 spiro atoms. The molecule has 2 N–H and O–H groups in total. The molecule has 0 radical (unpaired) electrons. The Morgan fingerprint density at radius 1 is 1.09 bits per heavy atom. The molecule has 0 saturated carbocycles. The summed E-state index contributed by atoms with van der Waals surface area (Å²) in [7, 11) is -2.13. The first-order valence-electron chi connectivity index (χ1n) is 9.66. The number of aromatic nitrogens is 3. The first-order chi connectivity index (χ1) is 15.7. The quantitative estimate of drug-likeness (QED) is 0.448. The Morgan fingerprint density at radius 2 is 1.88 bits per heavy atom. The number of nitrogens with one attached hydrogen (secondary N) is 2. The molecule has 3 rings (SSSR count). The van der Waals surface area contributed by atoms with Crippen molar-refractivity contribution in [2.75, 3.05) is 37.2 Å². The molecule has 0 aliphatic carbocycles. The molecular formula is C21H22FN5O5S. The molecule has 0 bridgehead atoms. The highest BCUT2D eigenvalue weighted by Gasteiger charge is 2.16. The molecule has 3 aromatic heterocycles. The number of carbonyl (C=O) groups excluding carboxylic acids is 1. The fraction of sp³-hybridized carbons (Fsp3) is 0.238. The molecule has 0 aliphatic heterocycles. The van der Waals surface area contributed by atoms with E-state index in [2.05, 4.69) is 25.6 Å². The lowest BCUT2D eigenvalue weighted by Gasteiger charge is -2.15. The number of pyridine rings is 3. The summed E-state index contributed by atoms with van der Waals surface area (Å²) in [4.78, 5) is 23.9. The number of methoxy groups -OCH3 is 1. The van der Waals surface area contributed by atoms with Gasteiger partial charge in [0.1, 0.15) is 29.8 Å². The van der Waals surface area contributed by atoms with Gasteiger partial charge in [0.15, 0.2) is 14.9 Å². The maximum absolute atomic E-state index is 13.4. The van der Waals surface area contributed by atoms with Gasteiger partial charge in [0.05, 0.1) is 24.2 Å². The molecule has 0 unspecified atom stereocenters. The number of ether oxygens (including phenoxy) is 2. The molecule has 174 valence electrons. The molecule has 0 fully saturated rings. The Morgan fingerprint density at radius 3 is 2.52 bits per heavy atom. The average molecular weight is 476 g/mol. The molecule has 1 amide bonds. The van der Waals surface area contributed by atoms with Crippen molar-refractivity contribution in [1.82, 2.24) is 15.0 Å².